The molecule has 5 nitrogen and oxygen atoms in total. The molecule has 0 bridgehead atoms. The molecule has 1 aromatic rings. The van der Waals surface area contributed by atoms with Crippen LogP contribution in [0.4, 0.5) is 5.82 Å². The van der Waals surface area contributed by atoms with Gasteiger partial charge in [0, 0.05) is 24.2 Å². The van der Waals surface area contributed by atoms with Gasteiger partial charge in [0.15, 0.2) is 0 Å². The van der Waals surface area contributed by atoms with Crippen molar-refractivity contribution in [3.8, 4) is 0 Å². The maximum Gasteiger partial charge on any atom is 0.139 e. The maximum atomic E-state index is 4.54. The second kappa shape index (κ2) is 5.40. The normalized spacial score (nSPS) is 24.3. The molecule has 1 aromatic heterocycles. The molecule has 0 radical (unpaired) electrons. The molecule has 1 unspecified atom stereocenters. The van der Waals surface area contributed by atoms with Gasteiger partial charge in [-0.05, 0) is 45.5 Å². The van der Waals surface area contributed by atoms with Gasteiger partial charge >= 0.3 is 0 Å². The lowest BCUT2D eigenvalue weighted by molar-refractivity contribution is 0.412. The zero-order valence-corrected chi connectivity index (χ0v) is 12.3. The third-order valence-corrected chi connectivity index (χ3v) is 4.26. The van der Waals surface area contributed by atoms with Crippen LogP contribution < -0.4 is 15.5 Å². The van der Waals surface area contributed by atoms with Crippen LogP contribution in [0.3, 0.4) is 0 Å². The summed E-state index contributed by atoms with van der Waals surface area (Å²) in [5.74, 6) is 1.06. The van der Waals surface area contributed by atoms with Gasteiger partial charge in [0.2, 0.25) is 0 Å². The first kappa shape index (κ1) is 13.4. The Kier molecular flexibility index (Phi) is 3.61. The van der Waals surface area contributed by atoms with Gasteiger partial charge in [-0.15, -0.1) is 0 Å². The van der Waals surface area contributed by atoms with Crippen LogP contribution in [-0.2, 0) is 6.54 Å². The molecule has 0 saturated carbocycles. The molecule has 5 heteroatoms. The van der Waals surface area contributed by atoms with E-state index in [4.69, 9.17) is 0 Å². The Morgan fingerprint density at radius 2 is 2.30 bits per heavy atom. The van der Waals surface area contributed by atoms with Crippen molar-refractivity contribution >= 4 is 11.9 Å². The van der Waals surface area contributed by atoms with E-state index in [0.29, 0.717) is 0 Å². The van der Waals surface area contributed by atoms with Gasteiger partial charge in [-0.1, -0.05) is 0 Å². The number of likely N-dealkylation sites (N-methyl/N-ethyl adjacent to an activating group) is 1. The number of nitrogens with zero attached hydrogens (tertiary/aromatic N) is 3. The van der Waals surface area contributed by atoms with E-state index in [-0.39, 0.29) is 5.54 Å². The lowest BCUT2D eigenvalue weighted by atomic mass is 9.99. The zero-order chi connectivity index (χ0) is 14.0. The van der Waals surface area contributed by atoms with E-state index < -0.39 is 0 Å². The van der Waals surface area contributed by atoms with Crippen LogP contribution in [-0.4, -0.2) is 35.1 Å². The Balaban J connectivity index is 1.88. The summed E-state index contributed by atoms with van der Waals surface area (Å²) in [5.41, 5.74) is 2.44. The Morgan fingerprint density at radius 1 is 1.40 bits per heavy atom. The second-order valence-electron chi connectivity index (χ2n) is 5.88. The number of fused-ring (bicyclic) bond motifs is 1. The third-order valence-electron chi connectivity index (χ3n) is 4.26. The predicted molar refractivity (Wildman–Crippen MR) is 81.4 cm³/mol. The number of rotatable bonds is 4. The minimum atomic E-state index is 0.199. The van der Waals surface area contributed by atoms with Crippen LogP contribution in [0.5, 0.6) is 0 Å². The second-order valence-corrected chi connectivity index (χ2v) is 5.88. The van der Waals surface area contributed by atoms with Crippen LogP contribution in [0.2, 0.25) is 0 Å². The molecule has 2 aliphatic rings. The largest absolute Gasteiger partial charge is 0.385 e. The highest BCUT2D eigenvalue weighted by atomic mass is 15.2. The van der Waals surface area contributed by atoms with Gasteiger partial charge in [-0.3, -0.25) is 0 Å². The van der Waals surface area contributed by atoms with Crippen LogP contribution >= 0.6 is 0 Å². The lowest BCUT2D eigenvalue weighted by Gasteiger charge is -2.34. The van der Waals surface area contributed by atoms with Crippen LogP contribution in [0, 0.1) is 0 Å². The number of anilines is 1. The fraction of sp³-hybridized carbons (Fsp3) is 0.600. The van der Waals surface area contributed by atoms with Crippen molar-refractivity contribution in [1.82, 2.24) is 20.6 Å². The van der Waals surface area contributed by atoms with E-state index in [1.165, 1.54) is 12.8 Å². The van der Waals surface area contributed by atoms with Crippen LogP contribution in [0.15, 0.2) is 12.5 Å². The van der Waals surface area contributed by atoms with Crippen LogP contribution in [0.1, 0.15) is 37.9 Å². The van der Waals surface area contributed by atoms with Gasteiger partial charge in [0.1, 0.15) is 12.1 Å². The monoisotopic (exact) mass is 273 g/mol. The Morgan fingerprint density at radius 3 is 3.05 bits per heavy atom. The smallest absolute Gasteiger partial charge is 0.139 e. The van der Waals surface area contributed by atoms with Gasteiger partial charge in [0.25, 0.3) is 0 Å². The number of nitrogens with one attached hydrogen (secondary N) is 2. The van der Waals surface area contributed by atoms with Gasteiger partial charge in [0.05, 0.1) is 12.2 Å². The van der Waals surface area contributed by atoms with E-state index in [0.717, 1.165) is 43.3 Å². The van der Waals surface area contributed by atoms with Crippen molar-refractivity contribution in [1.29, 1.82) is 0 Å². The molecule has 20 heavy (non-hydrogen) atoms. The highest BCUT2D eigenvalue weighted by Gasteiger charge is 2.31. The first-order valence-electron chi connectivity index (χ1n) is 7.46. The molecule has 0 aromatic carbocycles. The summed E-state index contributed by atoms with van der Waals surface area (Å²) >= 11 is 0. The average Bonchev–Trinajstić information content (AvgIpc) is 2.91. The summed E-state index contributed by atoms with van der Waals surface area (Å²) in [6, 6.07) is 0. The molecule has 1 saturated heterocycles. The summed E-state index contributed by atoms with van der Waals surface area (Å²) in [5, 5.41) is 6.84. The van der Waals surface area contributed by atoms with E-state index in [1.807, 2.05) is 6.20 Å². The Bertz CT molecular complexity index is 505. The number of hydrogen-bond acceptors (Lipinski definition) is 5. The highest BCUT2D eigenvalue weighted by molar-refractivity contribution is 5.67. The van der Waals surface area contributed by atoms with Gasteiger partial charge in [-0.2, -0.15) is 0 Å². The molecule has 1 atom stereocenters. The molecule has 0 amide bonds. The van der Waals surface area contributed by atoms with Crippen molar-refractivity contribution in [2.24, 2.45) is 0 Å². The predicted octanol–water partition coefficient (Wildman–Crippen LogP) is 1.52. The SMILES string of the molecule is CCN(CC1(C)CCCN1)c1ncnc2c1C=CNC2. The molecule has 108 valence electrons. The van der Waals surface area contributed by atoms with E-state index in [9.17, 15) is 0 Å². The quantitative estimate of drug-likeness (QED) is 0.871. The highest BCUT2D eigenvalue weighted by Crippen LogP contribution is 2.27. The third kappa shape index (κ3) is 2.50. The van der Waals surface area contributed by atoms with E-state index in [1.54, 1.807) is 6.33 Å². The van der Waals surface area contributed by atoms with E-state index in [2.05, 4.69) is 45.4 Å². The Hall–Kier alpha value is -1.62. The fourth-order valence-corrected chi connectivity index (χ4v) is 3.13. The minimum absolute atomic E-state index is 0.199. The molecular formula is C15H23N5. The number of aromatic nitrogens is 2. The van der Waals surface area contributed by atoms with E-state index >= 15 is 0 Å². The van der Waals surface area contributed by atoms with Crippen molar-refractivity contribution < 1.29 is 0 Å². The van der Waals surface area contributed by atoms with Gasteiger partial charge < -0.3 is 15.5 Å². The van der Waals surface area contributed by atoms with Gasteiger partial charge in [-0.25, -0.2) is 9.97 Å². The molecule has 1 fully saturated rings. The Labute approximate surface area is 120 Å². The fourth-order valence-electron chi connectivity index (χ4n) is 3.13. The molecular weight excluding hydrogens is 250 g/mol. The molecule has 2 N–H and O–H groups in total. The van der Waals surface area contributed by atoms with Crippen molar-refractivity contribution in [3.05, 3.63) is 23.8 Å². The molecule has 3 rings (SSSR count). The molecule has 2 aliphatic heterocycles. The number of hydrogen-bond donors (Lipinski definition) is 2. The minimum Gasteiger partial charge on any atom is -0.385 e. The topological polar surface area (TPSA) is 53.1 Å². The summed E-state index contributed by atoms with van der Waals surface area (Å²) in [6.07, 6.45) is 8.25. The summed E-state index contributed by atoms with van der Waals surface area (Å²) in [7, 11) is 0. The van der Waals surface area contributed by atoms with Crippen molar-refractivity contribution in [2.75, 3.05) is 24.5 Å². The van der Waals surface area contributed by atoms with Crippen molar-refractivity contribution in [3.63, 3.8) is 0 Å². The summed E-state index contributed by atoms with van der Waals surface area (Å²) in [4.78, 5) is 11.3. The maximum absolute atomic E-state index is 4.54. The first-order valence-corrected chi connectivity index (χ1v) is 7.46. The average molecular weight is 273 g/mol. The standard InChI is InChI=1S/C15H23N5/c1-3-20(10-15(2)6-4-7-19-15)14-12-5-8-16-9-13(12)17-11-18-14/h5,8,11,16,19H,3-4,6-7,9-10H2,1-2H3. The molecule has 0 spiro atoms. The molecule has 3 heterocycles. The lowest BCUT2D eigenvalue weighted by Crippen LogP contribution is -2.48. The summed E-state index contributed by atoms with van der Waals surface area (Å²) in [6.45, 7) is 8.37. The summed E-state index contributed by atoms with van der Waals surface area (Å²) < 4.78 is 0. The zero-order valence-electron chi connectivity index (χ0n) is 12.3. The van der Waals surface area contributed by atoms with Crippen LogP contribution in [0.25, 0.3) is 6.08 Å². The molecule has 0 aliphatic carbocycles. The van der Waals surface area contributed by atoms with Crippen molar-refractivity contribution in [2.45, 2.75) is 38.8 Å². The first-order chi connectivity index (χ1) is 9.72.